The first kappa shape index (κ1) is 10.6. The van der Waals surface area contributed by atoms with E-state index < -0.39 is 29.2 Å². The lowest BCUT2D eigenvalue weighted by Gasteiger charge is -2.08. The molecule has 7 heteroatoms. The largest absolute Gasteiger partial charge is 0.451 e. The number of para-hydroxylation sites is 1. The van der Waals surface area contributed by atoms with Crippen molar-refractivity contribution >= 4 is 16.7 Å². The highest BCUT2D eigenvalue weighted by atomic mass is 19.4. The van der Waals surface area contributed by atoms with E-state index in [4.69, 9.17) is 5.73 Å². The molecule has 0 aliphatic heterocycles. The fraction of sp³-hybridized carbons (Fsp3) is 0.111. The van der Waals surface area contributed by atoms with Gasteiger partial charge in [-0.15, -0.1) is 0 Å². The van der Waals surface area contributed by atoms with Crippen LogP contribution in [0.1, 0.15) is 5.82 Å². The van der Waals surface area contributed by atoms with Crippen LogP contribution in [-0.4, -0.2) is 9.97 Å². The van der Waals surface area contributed by atoms with Crippen LogP contribution in [-0.2, 0) is 6.18 Å². The van der Waals surface area contributed by atoms with E-state index in [0.717, 1.165) is 6.07 Å². The van der Waals surface area contributed by atoms with Gasteiger partial charge in [-0.05, 0) is 12.1 Å². The summed E-state index contributed by atoms with van der Waals surface area (Å²) in [5.74, 6) is -2.70. The second-order valence-corrected chi connectivity index (χ2v) is 3.07. The van der Waals surface area contributed by atoms with Gasteiger partial charge in [-0.2, -0.15) is 13.2 Å². The topological polar surface area (TPSA) is 51.8 Å². The minimum absolute atomic E-state index is 0.0630. The second-order valence-electron chi connectivity index (χ2n) is 3.07. The number of rotatable bonds is 0. The number of nitrogen functional groups attached to an aromatic ring is 1. The highest BCUT2D eigenvalue weighted by molar-refractivity contribution is 5.88. The first-order chi connectivity index (χ1) is 7.39. The van der Waals surface area contributed by atoms with E-state index in [-0.39, 0.29) is 5.39 Å². The van der Waals surface area contributed by atoms with E-state index in [1.54, 1.807) is 0 Å². The number of hydrogen-bond acceptors (Lipinski definition) is 3. The van der Waals surface area contributed by atoms with Gasteiger partial charge in [0.2, 0.25) is 5.82 Å². The Morgan fingerprint density at radius 3 is 2.44 bits per heavy atom. The van der Waals surface area contributed by atoms with Crippen molar-refractivity contribution in [2.24, 2.45) is 0 Å². The molecule has 0 atom stereocenters. The van der Waals surface area contributed by atoms with Gasteiger partial charge in [0.15, 0.2) is 0 Å². The molecular formula is C9H5F4N3. The summed E-state index contributed by atoms with van der Waals surface area (Å²) in [6.07, 6.45) is -4.75. The lowest BCUT2D eigenvalue weighted by molar-refractivity contribution is -0.144. The van der Waals surface area contributed by atoms with Gasteiger partial charge in [-0.25, -0.2) is 14.4 Å². The summed E-state index contributed by atoms with van der Waals surface area (Å²) < 4.78 is 50.2. The molecule has 2 rings (SSSR count). The van der Waals surface area contributed by atoms with Crippen molar-refractivity contribution in [2.45, 2.75) is 6.18 Å². The number of alkyl halides is 3. The molecule has 0 fully saturated rings. The van der Waals surface area contributed by atoms with Crippen molar-refractivity contribution < 1.29 is 17.6 Å². The number of aromatic nitrogens is 2. The molecule has 84 valence electrons. The Hall–Kier alpha value is -1.92. The summed E-state index contributed by atoms with van der Waals surface area (Å²) in [7, 11) is 0. The average molecular weight is 231 g/mol. The third kappa shape index (κ3) is 1.64. The Labute approximate surface area is 86.9 Å². The van der Waals surface area contributed by atoms with Crippen LogP contribution in [0.25, 0.3) is 10.9 Å². The van der Waals surface area contributed by atoms with Gasteiger partial charge in [0.1, 0.15) is 17.2 Å². The Balaban J connectivity index is 2.81. The van der Waals surface area contributed by atoms with Crippen LogP contribution >= 0.6 is 0 Å². The third-order valence-corrected chi connectivity index (χ3v) is 1.96. The van der Waals surface area contributed by atoms with Crippen LogP contribution in [0.5, 0.6) is 0 Å². The molecule has 16 heavy (non-hydrogen) atoms. The zero-order valence-electron chi connectivity index (χ0n) is 7.72. The number of fused-ring (bicyclic) bond motifs is 1. The van der Waals surface area contributed by atoms with Crippen LogP contribution in [0.3, 0.4) is 0 Å². The molecule has 3 nitrogen and oxygen atoms in total. The van der Waals surface area contributed by atoms with Crippen molar-refractivity contribution in [3.05, 3.63) is 29.8 Å². The number of benzene rings is 1. The minimum Gasteiger partial charge on any atom is -0.383 e. The quantitative estimate of drug-likeness (QED) is 0.708. The minimum atomic E-state index is -4.75. The van der Waals surface area contributed by atoms with Crippen LogP contribution in [0.2, 0.25) is 0 Å². The van der Waals surface area contributed by atoms with E-state index in [9.17, 15) is 17.6 Å². The van der Waals surface area contributed by atoms with Gasteiger partial charge in [0.25, 0.3) is 0 Å². The van der Waals surface area contributed by atoms with Gasteiger partial charge >= 0.3 is 6.18 Å². The monoisotopic (exact) mass is 231 g/mol. The number of anilines is 1. The molecule has 0 saturated carbocycles. The smallest absolute Gasteiger partial charge is 0.383 e. The summed E-state index contributed by atoms with van der Waals surface area (Å²) in [5.41, 5.74) is 4.88. The fourth-order valence-electron chi connectivity index (χ4n) is 1.27. The highest BCUT2D eigenvalue weighted by Gasteiger charge is 2.35. The summed E-state index contributed by atoms with van der Waals surface area (Å²) in [6, 6.07) is 3.69. The molecule has 0 aliphatic carbocycles. The zero-order valence-corrected chi connectivity index (χ0v) is 7.72. The standard InChI is InChI=1S/C9H5F4N3/c10-5-3-1-2-4-6(5)15-8(9(11,12)13)16-7(4)14/h1-3H,(H2,14,15,16). The number of halogens is 4. The van der Waals surface area contributed by atoms with E-state index >= 15 is 0 Å². The van der Waals surface area contributed by atoms with Crippen LogP contribution < -0.4 is 5.73 Å². The summed E-state index contributed by atoms with van der Waals surface area (Å²) >= 11 is 0. The van der Waals surface area contributed by atoms with Crippen LogP contribution in [0.15, 0.2) is 18.2 Å². The van der Waals surface area contributed by atoms with Gasteiger partial charge in [-0.3, -0.25) is 0 Å². The molecular weight excluding hydrogens is 226 g/mol. The fourth-order valence-corrected chi connectivity index (χ4v) is 1.27. The predicted molar refractivity (Wildman–Crippen MR) is 48.9 cm³/mol. The summed E-state index contributed by atoms with van der Waals surface area (Å²) in [4.78, 5) is 6.20. The van der Waals surface area contributed by atoms with Crippen molar-refractivity contribution in [3.8, 4) is 0 Å². The Morgan fingerprint density at radius 1 is 1.12 bits per heavy atom. The molecule has 2 N–H and O–H groups in total. The lowest BCUT2D eigenvalue weighted by Crippen LogP contribution is -2.13. The van der Waals surface area contributed by atoms with Gasteiger partial charge in [0.05, 0.1) is 0 Å². The molecule has 0 unspecified atom stereocenters. The van der Waals surface area contributed by atoms with Crippen molar-refractivity contribution in [1.82, 2.24) is 9.97 Å². The Bertz CT molecular complexity index is 550. The molecule has 0 spiro atoms. The average Bonchev–Trinajstić information content (AvgIpc) is 2.18. The van der Waals surface area contributed by atoms with Gasteiger partial charge < -0.3 is 5.73 Å². The third-order valence-electron chi connectivity index (χ3n) is 1.96. The second kappa shape index (κ2) is 3.29. The SMILES string of the molecule is Nc1nc(C(F)(F)F)nc2c(F)cccc12. The maximum Gasteiger partial charge on any atom is 0.451 e. The molecule has 1 aromatic carbocycles. The van der Waals surface area contributed by atoms with E-state index in [0.29, 0.717) is 0 Å². The maximum absolute atomic E-state index is 13.2. The zero-order chi connectivity index (χ0) is 11.9. The first-order valence-corrected chi connectivity index (χ1v) is 4.18. The van der Waals surface area contributed by atoms with Crippen molar-refractivity contribution in [3.63, 3.8) is 0 Å². The van der Waals surface area contributed by atoms with E-state index in [1.165, 1.54) is 12.1 Å². The highest BCUT2D eigenvalue weighted by Crippen LogP contribution is 2.29. The normalized spacial score (nSPS) is 12.0. The Morgan fingerprint density at radius 2 is 1.81 bits per heavy atom. The number of hydrogen-bond donors (Lipinski definition) is 1. The molecule has 0 radical (unpaired) electrons. The van der Waals surface area contributed by atoms with Gasteiger partial charge in [0, 0.05) is 5.39 Å². The molecule has 0 aliphatic rings. The molecule has 0 bridgehead atoms. The van der Waals surface area contributed by atoms with Gasteiger partial charge in [-0.1, -0.05) is 6.07 Å². The predicted octanol–water partition coefficient (Wildman–Crippen LogP) is 2.37. The summed E-state index contributed by atoms with van der Waals surface area (Å²) in [5, 5.41) is 0.0630. The number of nitrogens with zero attached hydrogens (tertiary/aromatic N) is 2. The molecule has 1 heterocycles. The van der Waals surface area contributed by atoms with E-state index in [1.807, 2.05) is 0 Å². The Kier molecular flexibility index (Phi) is 2.18. The molecule has 2 aromatic rings. The molecule has 0 amide bonds. The first-order valence-electron chi connectivity index (χ1n) is 4.18. The van der Waals surface area contributed by atoms with Crippen molar-refractivity contribution in [2.75, 3.05) is 5.73 Å². The van der Waals surface area contributed by atoms with E-state index in [2.05, 4.69) is 9.97 Å². The molecule has 1 aromatic heterocycles. The number of nitrogens with two attached hydrogens (primary N) is 1. The van der Waals surface area contributed by atoms with Crippen molar-refractivity contribution in [1.29, 1.82) is 0 Å². The van der Waals surface area contributed by atoms with Crippen LogP contribution in [0, 0.1) is 5.82 Å². The summed E-state index contributed by atoms with van der Waals surface area (Å²) in [6.45, 7) is 0. The lowest BCUT2D eigenvalue weighted by atomic mass is 10.2. The maximum atomic E-state index is 13.2. The van der Waals surface area contributed by atoms with Crippen LogP contribution in [0.4, 0.5) is 23.4 Å². The molecule has 0 saturated heterocycles.